The lowest BCUT2D eigenvalue weighted by Crippen LogP contribution is -2.37. The molecule has 0 saturated carbocycles. The second-order valence-corrected chi connectivity index (χ2v) is 20.3. The number of quaternary nitrogens is 1. The fraction of sp³-hybridized carbons (Fsp3) is 0.941. The number of esters is 1. The van der Waals surface area contributed by atoms with E-state index in [2.05, 4.69) is 26.0 Å². The molecule has 0 radical (unpaired) electrons. The van der Waals surface area contributed by atoms with Gasteiger partial charge in [-0.15, -0.1) is 0 Å². The molecule has 0 bridgehead atoms. The number of hydrogen-bond donors (Lipinski definition) is 0. The Morgan fingerprint density at radius 2 is 0.867 bits per heavy atom. The summed E-state index contributed by atoms with van der Waals surface area (Å²) in [6.45, 7) is 5.44. The van der Waals surface area contributed by atoms with Crippen LogP contribution in [0.15, 0.2) is 12.2 Å². The van der Waals surface area contributed by atoms with E-state index in [1.165, 1.54) is 186 Å². The van der Waals surface area contributed by atoms with Crippen molar-refractivity contribution in [1.82, 2.24) is 0 Å². The van der Waals surface area contributed by atoms with Gasteiger partial charge in [-0.25, -0.2) is 0 Å². The molecule has 0 heterocycles. The molecule has 0 rings (SSSR count). The average Bonchev–Trinajstić information content (AvgIpc) is 3.20. The molecule has 0 saturated heterocycles. The van der Waals surface area contributed by atoms with Crippen LogP contribution in [0.5, 0.6) is 0 Å². The Morgan fingerprint density at radius 1 is 0.500 bits per heavy atom. The number of allylic oxidation sites excluding steroid dienone is 2. The molecule has 358 valence electrons. The number of phosphoric ester groups is 1. The minimum atomic E-state index is -4.52. The zero-order valence-corrected chi connectivity index (χ0v) is 41.6. The quantitative estimate of drug-likeness (QED) is 0.0198. The summed E-state index contributed by atoms with van der Waals surface area (Å²) >= 11 is 0. The lowest BCUT2D eigenvalue weighted by atomic mass is 10.0. The van der Waals surface area contributed by atoms with Gasteiger partial charge in [0.1, 0.15) is 19.3 Å². The van der Waals surface area contributed by atoms with Gasteiger partial charge in [-0.05, 0) is 38.5 Å². The maximum Gasteiger partial charge on any atom is 0.306 e. The van der Waals surface area contributed by atoms with Gasteiger partial charge >= 0.3 is 5.97 Å². The molecule has 8 nitrogen and oxygen atoms in total. The summed E-state index contributed by atoms with van der Waals surface area (Å²) in [5.74, 6) is -0.338. The summed E-state index contributed by atoms with van der Waals surface area (Å²) in [6, 6.07) is 0. The Kier molecular flexibility index (Phi) is 44.3. The third-order valence-electron chi connectivity index (χ3n) is 11.6. The van der Waals surface area contributed by atoms with Crippen LogP contribution >= 0.6 is 7.82 Å². The smallest absolute Gasteiger partial charge is 0.306 e. The van der Waals surface area contributed by atoms with Crippen LogP contribution in [0.2, 0.25) is 0 Å². The zero-order chi connectivity index (χ0) is 44.1. The molecule has 0 aromatic heterocycles. The van der Waals surface area contributed by atoms with Crippen molar-refractivity contribution in [3.8, 4) is 0 Å². The monoisotopic (exact) mass is 872 g/mol. The summed E-state index contributed by atoms with van der Waals surface area (Å²) in [7, 11) is 1.37. The Hall–Kier alpha value is -0.760. The Labute approximate surface area is 373 Å². The third-order valence-corrected chi connectivity index (χ3v) is 12.5. The largest absolute Gasteiger partial charge is 0.756 e. The second kappa shape index (κ2) is 44.8. The molecule has 60 heavy (non-hydrogen) atoms. The van der Waals surface area contributed by atoms with E-state index in [4.69, 9.17) is 18.5 Å². The Morgan fingerprint density at radius 3 is 1.28 bits per heavy atom. The molecule has 0 aliphatic carbocycles. The predicted molar refractivity (Wildman–Crippen MR) is 254 cm³/mol. The summed E-state index contributed by atoms with van der Waals surface area (Å²) in [4.78, 5) is 25.1. The van der Waals surface area contributed by atoms with Crippen molar-refractivity contribution in [1.29, 1.82) is 0 Å². The standard InChI is InChI=1S/C51H102NO7P/c1-6-8-10-12-14-16-18-20-21-22-23-24-25-26-27-28-29-30-31-33-35-37-39-41-43-46-56-48-50(49-58-60(54,55)57-47-45-52(3,4)5)59-51(53)44-42-40-38-36-34-32-19-17-15-13-11-9-7-2/h17,19,50H,6-16,18,20-49H2,1-5H3/b19-17-. The number of phosphoric acid groups is 1. The maximum absolute atomic E-state index is 12.7. The van der Waals surface area contributed by atoms with Crippen LogP contribution < -0.4 is 4.89 Å². The number of unbranched alkanes of at least 4 members (excludes halogenated alkanes) is 33. The summed E-state index contributed by atoms with van der Waals surface area (Å²) in [6.07, 6.45) is 51.0. The zero-order valence-electron chi connectivity index (χ0n) is 40.7. The Balaban J connectivity index is 4.00. The molecule has 0 amide bonds. The number of hydrogen-bond acceptors (Lipinski definition) is 7. The van der Waals surface area contributed by atoms with Crippen LogP contribution in [0.4, 0.5) is 0 Å². The van der Waals surface area contributed by atoms with E-state index >= 15 is 0 Å². The van der Waals surface area contributed by atoms with Gasteiger partial charge < -0.3 is 27.9 Å². The number of rotatable bonds is 49. The highest BCUT2D eigenvalue weighted by atomic mass is 31.2. The number of likely N-dealkylation sites (N-methyl/N-ethyl adjacent to an activating group) is 1. The number of carbonyl (C=O) groups is 1. The molecule has 0 N–H and O–H groups in total. The van der Waals surface area contributed by atoms with E-state index in [-0.39, 0.29) is 25.8 Å². The van der Waals surface area contributed by atoms with E-state index in [0.29, 0.717) is 24.1 Å². The minimum absolute atomic E-state index is 0.0279. The van der Waals surface area contributed by atoms with Crippen molar-refractivity contribution >= 4 is 13.8 Å². The molecule has 0 aliphatic rings. The summed E-state index contributed by atoms with van der Waals surface area (Å²) in [5.41, 5.74) is 0. The molecular weight excluding hydrogens is 770 g/mol. The van der Waals surface area contributed by atoms with Gasteiger partial charge in [0.05, 0.1) is 34.4 Å². The highest BCUT2D eigenvalue weighted by Crippen LogP contribution is 2.38. The van der Waals surface area contributed by atoms with Crippen LogP contribution in [0.3, 0.4) is 0 Å². The fourth-order valence-electron chi connectivity index (χ4n) is 7.54. The normalized spacial score (nSPS) is 13.6. The Bertz CT molecular complexity index is 972. The molecule has 2 unspecified atom stereocenters. The highest BCUT2D eigenvalue weighted by Gasteiger charge is 2.20. The van der Waals surface area contributed by atoms with Gasteiger partial charge in [-0.3, -0.25) is 9.36 Å². The van der Waals surface area contributed by atoms with Crippen LogP contribution in [0, 0.1) is 0 Å². The van der Waals surface area contributed by atoms with Crippen molar-refractivity contribution in [2.24, 2.45) is 0 Å². The number of carbonyl (C=O) groups excluding carboxylic acids is 1. The van der Waals surface area contributed by atoms with E-state index in [9.17, 15) is 14.3 Å². The van der Waals surface area contributed by atoms with Gasteiger partial charge in [0.2, 0.25) is 0 Å². The van der Waals surface area contributed by atoms with Crippen LogP contribution in [0.25, 0.3) is 0 Å². The molecule has 0 aromatic carbocycles. The number of ether oxygens (including phenoxy) is 2. The molecular formula is C51H102NO7P. The van der Waals surface area contributed by atoms with Crippen molar-refractivity contribution < 1.29 is 37.3 Å². The SMILES string of the molecule is CCCCCC/C=C\CCCCCCCC(=O)OC(COCCCCCCCCCCCCCCCCCCCCCCCCCCC)COP(=O)([O-])OCC[N+](C)(C)C. The second-order valence-electron chi connectivity index (χ2n) is 18.9. The van der Waals surface area contributed by atoms with Crippen molar-refractivity contribution in [2.75, 3.05) is 54.1 Å². The molecule has 0 fully saturated rings. The van der Waals surface area contributed by atoms with Crippen molar-refractivity contribution in [2.45, 2.75) is 258 Å². The van der Waals surface area contributed by atoms with Gasteiger partial charge in [0.25, 0.3) is 7.82 Å². The average molecular weight is 872 g/mol. The molecule has 2 atom stereocenters. The first-order chi connectivity index (χ1) is 29.1. The fourth-order valence-corrected chi connectivity index (χ4v) is 8.27. The van der Waals surface area contributed by atoms with E-state index < -0.39 is 13.9 Å². The van der Waals surface area contributed by atoms with E-state index in [1.54, 1.807) is 0 Å². The van der Waals surface area contributed by atoms with Gasteiger partial charge in [-0.2, -0.15) is 0 Å². The van der Waals surface area contributed by atoms with Gasteiger partial charge in [-0.1, -0.05) is 219 Å². The first-order valence-electron chi connectivity index (χ1n) is 25.9. The topological polar surface area (TPSA) is 94.1 Å². The minimum Gasteiger partial charge on any atom is -0.756 e. The van der Waals surface area contributed by atoms with Crippen molar-refractivity contribution in [3.63, 3.8) is 0 Å². The summed E-state index contributed by atoms with van der Waals surface area (Å²) < 4.78 is 34.7. The molecule has 0 aliphatic heterocycles. The van der Waals surface area contributed by atoms with E-state index in [1.807, 2.05) is 21.1 Å². The van der Waals surface area contributed by atoms with Crippen LogP contribution in [-0.4, -0.2) is 70.7 Å². The van der Waals surface area contributed by atoms with Crippen LogP contribution in [-0.2, 0) is 27.9 Å². The van der Waals surface area contributed by atoms with Gasteiger partial charge in [0.15, 0.2) is 0 Å². The molecule has 0 aromatic rings. The first-order valence-corrected chi connectivity index (χ1v) is 27.4. The lowest BCUT2D eigenvalue weighted by Gasteiger charge is -2.28. The third kappa shape index (κ3) is 48.3. The first kappa shape index (κ1) is 59.2. The number of nitrogens with zero attached hydrogens (tertiary/aromatic N) is 1. The maximum atomic E-state index is 12.7. The van der Waals surface area contributed by atoms with Crippen molar-refractivity contribution in [3.05, 3.63) is 12.2 Å². The van der Waals surface area contributed by atoms with Crippen LogP contribution in [0.1, 0.15) is 251 Å². The van der Waals surface area contributed by atoms with Gasteiger partial charge in [0, 0.05) is 13.0 Å². The predicted octanol–water partition coefficient (Wildman–Crippen LogP) is 15.2. The lowest BCUT2D eigenvalue weighted by molar-refractivity contribution is -0.870. The molecule has 0 spiro atoms. The summed E-state index contributed by atoms with van der Waals surface area (Å²) in [5, 5.41) is 0. The molecule has 9 heteroatoms. The van der Waals surface area contributed by atoms with E-state index in [0.717, 1.165) is 44.9 Å². The highest BCUT2D eigenvalue weighted by molar-refractivity contribution is 7.45.